The van der Waals surface area contributed by atoms with E-state index in [-0.39, 0.29) is 6.54 Å². The van der Waals surface area contributed by atoms with E-state index in [2.05, 4.69) is 0 Å². The molecule has 0 saturated heterocycles. The molecule has 0 unspecified atom stereocenters. The van der Waals surface area contributed by atoms with E-state index in [1.807, 2.05) is 0 Å². The topological polar surface area (TPSA) is 12.0 Å². The molecule has 3 heteroatoms. The zero-order chi connectivity index (χ0) is 4.12. The third kappa shape index (κ3) is 4.18. The maximum absolute atomic E-state index is 10.7. The Balaban J connectivity index is 2.19. The van der Waals surface area contributed by atoms with E-state index in [0.29, 0.717) is 5.88 Å². The average Bonchev–Trinajstić information content (AvgIpc) is 1.41. The van der Waals surface area contributed by atoms with E-state index in [1.165, 1.54) is 5.54 Å². The number of rotatable bonds is 2. The van der Waals surface area contributed by atoms with Crippen LogP contribution in [0.2, 0.25) is 0 Å². The highest BCUT2D eigenvalue weighted by Crippen LogP contribution is 1.66. The largest absolute Gasteiger partial charge is 0.158 e. The van der Waals surface area contributed by atoms with Crippen LogP contribution in [0.15, 0.2) is 0 Å². The van der Waals surface area contributed by atoms with Crippen molar-refractivity contribution in [1.82, 2.24) is 5.54 Å². The summed E-state index contributed by atoms with van der Waals surface area (Å²) in [6.45, 7) is 0.238. The summed E-state index contributed by atoms with van der Waals surface area (Å²) in [4.78, 5) is 0. The first kappa shape index (κ1) is 5.18. The number of hydrogen-bond acceptors (Lipinski definition) is 1. The first-order valence-corrected chi connectivity index (χ1v) is 1.84. The van der Waals surface area contributed by atoms with Gasteiger partial charge in [-0.25, -0.2) is 0 Å². The van der Waals surface area contributed by atoms with Crippen LogP contribution < -0.4 is 5.54 Å². The van der Waals surface area contributed by atoms with Crippen molar-refractivity contribution in [2.24, 2.45) is 0 Å². The standard InChI is InChI=1S/C2H5ClFN/c3-1-2-5-4/h5H,1-2H2. The van der Waals surface area contributed by atoms with E-state index < -0.39 is 0 Å². The Labute approximate surface area is 35.1 Å². The van der Waals surface area contributed by atoms with Crippen LogP contribution in [0.3, 0.4) is 0 Å². The predicted octanol–water partition coefficient (Wildman–Crippen LogP) is 0.699. The second kappa shape index (κ2) is 4.18. The molecule has 0 bridgehead atoms. The van der Waals surface area contributed by atoms with Gasteiger partial charge in [0.25, 0.3) is 0 Å². The van der Waals surface area contributed by atoms with Crippen LogP contribution in [-0.4, -0.2) is 12.4 Å². The summed E-state index contributed by atoms with van der Waals surface area (Å²) < 4.78 is 10.7. The molecule has 0 saturated carbocycles. The Morgan fingerprint density at radius 2 is 2.40 bits per heavy atom. The maximum atomic E-state index is 10.7. The van der Waals surface area contributed by atoms with Crippen molar-refractivity contribution in [1.29, 1.82) is 0 Å². The minimum absolute atomic E-state index is 0.238. The summed E-state index contributed by atoms with van der Waals surface area (Å²) in [5, 5.41) is 0. The lowest BCUT2D eigenvalue weighted by Crippen LogP contribution is -2.01. The predicted molar refractivity (Wildman–Crippen MR) is 19.8 cm³/mol. The van der Waals surface area contributed by atoms with E-state index in [9.17, 15) is 4.48 Å². The Bertz CT molecular complexity index is 17.1. The minimum atomic E-state index is 0.238. The second-order valence-electron chi connectivity index (χ2n) is 0.573. The Kier molecular flexibility index (Phi) is 4.33. The van der Waals surface area contributed by atoms with Gasteiger partial charge >= 0.3 is 0 Å². The molecule has 0 aromatic heterocycles. The molecular weight excluding hydrogens is 92.5 g/mol. The molecule has 1 nitrogen and oxygen atoms in total. The quantitative estimate of drug-likeness (QED) is 0.395. The molecule has 1 N–H and O–H groups in total. The lowest BCUT2D eigenvalue weighted by Gasteiger charge is -1.78. The summed E-state index contributed by atoms with van der Waals surface area (Å²) in [5.41, 5.74) is 1.39. The molecule has 0 amide bonds. The lowest BCUT2D eigenvalue weighted by molar-refractivity contribution is 0.348. The van der Waals surface area contributed by atoms with Crippen molar-refractivity contribution < 1.29 is 4.48 Å². The van der Waals surface area contributed by atoms with E-state index in [0.717, 1.165) is 0 Å². The first-order valence-electron chi connectivity index (χ1n) is 1.31. The van der Waals surface area contributed by atoms with Crippen LogP contribution in [0, 0.1) is 0 Å². The van der Waals surface area contributed by atoms with Gasteiger partial charge in [0.2, 0.25) is 0 Å². The normalized spacial score (nSPS) is 8.40. The van der Waals surface area contributed by atoms with Gasteiger partial charge in [0.1, 0.15) is 0 Å². The lowest BCUT2D eigenvalue weighted by atomic mass is 10.8. The molecular formula is C2H5ClFN. The molecule has 32 valence electrons. The molecule has 0 atom stereocenters. The highest BCUT2D eigenvalue weighted by atomic mass is 35.5. The molecule has 0 aliphatic heterocycles. The van der Waals surface area contributed by atoms with Gasteiger partial charge < -0.3 is 0 Å². The molecule has 0 fully saturated rings. The van der Waals surface area contributed by atoms with Gasteiger partial charge in [-0.2, -0.15) is 5.54 Å². The molecule has 0 aliphatic carbocycles. The van der Waals surface area contributed by atoms with Gasteiger partial charge in [-0.15, -0.1) is 16.1 Å². The fraction of sp³-hybridized carbons (Fsp3) is 1.00. The van der Waals surface area contributed by atoms with Gasteiger partial charge in [-0.1, -0.05) is 0 Å². The number of hydrogen-bond donors (Lipinski definition) is 1. The van der Waals surface area contributed by atoms with Crippen LogP contribution >= 0.6 is 11.6 Å². The van der Waals surface area contributed by atoms with Crippen molar-refractivity contribution in [2.75, 3.05) is 12.4 Å². The molecule has 0 aromatic carbocycles. The summed E-state index contributed by atoms with van der Waals surface area (Å²) in [6, 6.07) is 0. The van der Waals surface area contributed by atoms with E-state index >= 15 is 0 Å². The van der Waals surface area contributed by atoms with Crippen LogP contribution in [0.25, 0.3) is 0 Å². The highest BCUT2D eigenvalue weighted by molar-refractivity contribution is 6.18. The van der Waals surface area contributed by atoms with Crippen molar-refractivity contribution >= 4 is 11.6 Å². The summed E-state index contributed by atoms with van der Waals surface area (Å²) in [5.74, 6) is 0.330. The maximum Gasteiger partial charge on any atom is 0.0395 e. The SMILES string of the molecule is FNCCCl. The van der Waals surface area contributed by atoms with Crippen LogP contribution in [0.5, 0.6) is 0 Å². The van der Waals surface area contributed by atoms with Gasteiger partial charge in [0.05, 0.1) is 0 Å². The molecule has 0 radical (unpaired) electrons. The van der Waals surface area contributed by atoms with Crippen molar-refractivity contribution in [3.8, 4) is 0 Å². The van der Waals surface area contributed by atoms with Crippen LogP contribution in [0.4, 0.5) is 4.48 Å². The van der Waals surface area contributed by atoms with Crippen LogP contribution in [0.1, 0.15) is 0 Å². The van der Waals surface area contributed by atoms with E-state index in [1.54, 1.807) is 0 Å². The number of nitrogens with one attached hydrogen (secondary N) is 1. The Morgan fingerprint density at radius 1 is 1.80 bits per heavy atom. The molecule has 0 aliphatic rings. The fourth-order valence-electron chi connectivity index (χ4n) is 0.0357. The Morgan fingerprint density at radius 3 is 2.40 bits per heavy atom. The summed E-state index contributed by atoms with van der Waals surface area (Å²) >= 11 is 5.00. The summed E-state index contributed by atoms with van der Waals surface area (Å²) in [6.07, 6.45) is 0. The smallest absolute Gasteiger partial charge is 0.0395 e. The second-order valence-corrected chi connectivity index (χ2v) is 0.951. The van der Waals surface area contributed by atoms with Gasteiger partial charge in [0, 0.05) is 12.4 Å². The molecule has 0 rings (SSSR count). The molecule has 5 heavy (non-hydrogen) atoms. The van der Waals surface area contributed by atoms with Gasteiger partial charge in [0.15, 0.2) is 0 Å². The number of alkyl halides is 1. The Hall–Kier alpha value is 0.180. The van der Waals surface area contributed by atoms with Crippen molar-refractivity contribution in [3.63, 3.8) is 0 Å². The monoisotopic (exact) mass is 97.0 g/mol. The molecule has 0 spiro atoms. The fourth-order valence-corrected chi connectivity index (χ4v) is 0.107. The van der Waals surface area contributed by atoms with Gasteiger partial charge in [-0.05, 0) is 0 Å². The van der Waals surface area contributed by atoms with Crippen molar-refractivity contribution in [2.45, 2.75) is 0 Å². The minimum Gasteiger partial charge on any atom is -0.158 e. The third-order valence-corrected chi connectivity index (χ3v) is 0.378. The van der Waals surface area contributed by atoms with Crippen LogP contribution in [-0.2, 0) is 0 Å². The van der Waals surface area contributed by atoms with Gasteiger partial charge in [-0.3, -0.25) is 0 Å². The zero-order valence-electron chi connectivity index (χ0n) is 2.67. The third-order valence-electron chi connectivity index (χ3n) is 0.189. The summed E-state index contributed by atoms with van der Waals surface area (Å²) in [7, 11) is 0. The first-order chi connectivity index (χ1) is 2.41. The van der Waals surface area contributed by atoms with Crippen molar-refractivity contribution in [3.05, 3.63) is 0 Å². The number of halogens is 2. The molecule has 0 heterocycles. The van der Waals surface area contributed by atoms with E-state index in [4.69, 9.17) is 11.6 Å². The zero-order valence-corrected chi connectivity index (χ0v) is 3.43. The highest BCUT2D eigenvalue weighted by Gasteiger charge is 1.70. The molecule has 0 aromatic rings. The average molecular weight is 97.5 g/mol.